The zero-order chi connectivity index (χ0) is 26.1. The molecular weight excluding hydrogens is 468 g/mol. The molecule has 0 unspecified atom stereocenters. The fraction of sp³-hybridized carbons (Fsp3) is 0.478. The fourth-order valence-corrected chi connectivity index (χ4v) is 2.46. The largest absolute Gasteiger partial charge is 0.478 e. The van der Waals surface area contributed by atoms with Crippen molar-refractivity contribution in [3.8, 4) is 0 Å². The molecule has 0 spiro atoms. The lowest BCUT2D eigenvalue weighted by Crippen LogP contribution is -2.16. The highest BCUT2D eigenvalue weighted by molar-refractivity contribution is 6.03. The predicted molar refractivity (Wildman–Crippen MR) is 120 cm³/mol. The molecule has 1 aromatic rings. The Bertz CT molecular complexity index is 864. The molecule has 0 saturated heterocycles. The third-order valence-electron chi connectivity index (χ3n) is 4.13. The van der Waals surface area contributed by atoms with Crippen molar-refractivity contribution in [2.45, 2.75) is 6.92 Å². The molecule has 12 heteroatoms. The van der Waals surface area contributed by atoms with Gasteiger partial charge in [-0.25, -0.2) is 19.2 Å². The fourth-order valence-electron chi connectivity index (χ4n) is 2.46. The van der Waals surface area contributed by atoms with Gasteiger partial charge in [-0.15, -0.1) is 0 Å². The van der Waals surface area contributed by atoms with Gasteiger partial charge in [0.2, 0.25) is 0 Å². The number of ether oxygens (including phenoxy) is 6. The van der Waals surface area contributed by atoms with Crippen molar-refractivity contribution in [3.05, 3.63) is 47.0 Å². The van der Waals surface area contributed by atoms with Crippen molar-refractivity contribution in [2.75, 3.05) is 66.1 Å². The van der Waals surface area contributed by atoms with Crippen LogP contribution in [-0.4, -0.2) is 100 Å². The Balaban J connectivity index is 2.04. The first-order chi connectivity index (χ1) is 16.8. The summed E-state index contributed by atoms with van der Waals surface area (Å²) < 4.78 is 30.9. The normalized spacial score (nSPS) is 10.5. The molecule has 0 aliphatic carbocycles. The quantitative estimate of drug-likeness (QED) is 0.160. The number of aromatic carboxylic acids is 2. The summed E-state index contributed by atoms with van der Waals surface area (Å²) in [6.07, 6.45) is 0. The number of hydrogen-bond donors (Lipinski definition) is 2. The SMILES string of the molecule is C=C(COCCOCCOCCOCCOC(=O)c1ccc(C(=O)O)c(C(=O)O)c1)C(=O)OCC. The number of carbonyl (C=O) groups is 4. The Morgan fingerprint density at radius 3 is 1.77 bits per heavy atom. The summed E-state index contributed by atoms with van der Waals surface area (Å²) in [5, 5.41) is 18.1. The lowest BCUT2D eigenvalue weighted by atomic mass is 10.0. The van der Waals surface area contributed by atoms with E-state index in [2.05, 4.69) is 6.58 Å². The summed E-state index contributed by atoms with van der Waals surface area (Å²) in [6.45, 7) is 7.52. The van der Waals surface area contributed by atoms with E-state index in [1.807, 2.05) is 0 Å². The van der Waals surface area contributed by atoms with E-state index in [9.17, 15) is 19.2 Å². The Labute approximate surface area is 202 Å². The van der Waals surface area contributed by atoms with Gasteiger partial charge in [-0.05, 0) is 25.1 Å². The highest BCUT2D eigenvalue weighted by atomic mass is 16.6. The summed E-state index contributed by atoms with van der Waals surface area (Å²) in [5.74, 6) is -4.15. The van der Waals surface area contributed by atoms with Crippen LogP contribution in [0.4, 0.5) is 0 Å². The summed E-state index contributed by atoms with van der Waals surface area (Å²) >= 11 is 0. The van der Waals surface area contributed by atoms with Crippen LogP contribution in [0, 0.1) is 0 Å². The predicted octanol–water partition coefficient (Wildman–Crippen LogP) is 1.43. The van der Waals surface area contributed by atoms with Crippen LogP contribution in [0.3, 0.4) is 0 Å². The smallest absolute Gasteiger partial charge is 0.338 e. The van der Waals surface area contributed by atoms with Gasteiger partial charge >= 0.3 is 23.9 Å². The van der Waals surface area contributed by atoms with Crippen LogP contribution in [-0.2, 0) is 33.2 Å². The Hall–Kier alpha value is -3.32. The van der Waals surface area contributed by atoms with Crippen LogP contribution >= 0.6 is 0 Å². The highest BCUT2D eigenvalue weighted by Gasteiger charge is 2.19. The maximum atomic E-state index is 12.0. The molecular formula is C23H30O12. The number of rotatable bonds is 19. The van der Waals surface area contributed by atoms with Gasteiger partial charge in [0.05, 0.1) is 81.7 Å². The molecule has 0 aliphatic rings. The molecule has 0 heterocycles. The molecule has 194 valence electrons. The third kappa shape index (κ3) is 12.1. The summed E-state index contributed by atoms with van der Waals surface area (Å²) in [5.41, 5.74) is -0.762. The van der Waals surface area contributed by atoms with Crippen LogP contribution in [0.2, 0.25) is 0 Å². The minimum Gasteiger partial charge on any atom is -0.478 e. The number of carboxylic acids is 2. The van der Waals surface area contributed by atoms with E-state index in [1.165, 1.54) is 6.07 Å². The van der Waals surface area contributed by atoms with Gasteiger partial charge in [-0.3, -0.25) is 0 Å². The molecule has 1 rings (SSSR count). The van der Waals surface area contributed by atoms with Gasteiger partial charge < -0.3 is 38.6 Å². The van der Waals surface area contributed by atoms with Crippen molar-refractivity contribution in [1.29, 1.82) is 0 Å². The van der Waals surface area contributed by atoms with Gasteiger partial charge in [0.1, 0.15) is 6.61 Å². The molecule has 0 aromatic heterocycles. The van der Waals surface area contributed by atoms with Crippen LogP contribution in [0.15, 0.2) is 30.4 Å². The van der Waals surface area contributed by atoms with Crippen molar-refractivity contribution < 1.29 is 57.8 Å². The van der Waals surface area contributed by atoms with E-state index in [4.69, 9.17) is 38.6 Å². The van der Waals surface area contributed by atoms with E-state index in [0.29, 0.717) is 33.0 Å². The van der Waals surface area contributed by atoms with E-state index in [0.717, 1.165) is 12.1 Å². The number of carboxylic acid groups (broad SMARTS) is 2. The van der Waals surface area contributed by atoms with Crippen molar-refractivity contribution in [2.24, 2.45) is 0 Å². The molecule has 0 atom stereocenters. The van der Waals surface area contributed by atoms with Crippen LogP contribution in [0.5, 0.6) is 0 Å². The number of hydrogen-bond acceptors (Lipinski definition) is 10. The molecule has 0 radical (unpaired) electrons. The summed E-state index contributed by atoms with van der Waals surface area (Å²) in [4.78, 5) is 45.5. The second-order valence-corrected chi connectivity index (χ2v) is 6.72. The molecule has 2 N–H and O–H groups in total. The van der Waals surface area contributed by atoms with Crippen molar-refractivity contribution in [1.82, 2.24) is 0 Å². The monoisotopic (exact) mass is 498 g/mol. The Kier molecular flexibility index (Phi) is 14.6. The van der Waals surface area contributed by atoms with E-state index >= 15 is 0 Å². The topological polar surface area (TPSA) is 164 Å². The second kappa shape index (κ2) is 17.2. The minimum absolute atomic E-state index is 0.0751. The maximum absolute atomic E-state index is 12.0. The first-order valence-corrected chi connectivity index (χ1v) is 10.7. The molecule has 35 heavy (non-hydrogen) atoms. The average molecular weight is 498 g/mol. The Morgan fingerprint density at radius 1 is 0.743 bits per heavy atom. The van der Waals surface area contributed by atoms with E-state index in [1.54, 1.807) is 6.92 Å². The highest BCUT2D eigenvalue weighted by Crippen LogP contribution is 2.13. The minimum atomic E-state index is -1.46. The summed E-state index contributed by atoms with van der Waals surface area (Å²) in [6, 6.07) is 3.18. The lowest BCUT2D eigenvalue weighted by Gasteiger charge is -2.09. The first kappa shape index (κ1) is 29.7. The van der Waals surface area contributed by atoms with Crippen LogP contribution in [0.25, 0.3) is 0 Å². The maximum Gasteiger partial charge on any atom is 0.338 e. The standard InChI is InChI=1S/C23H30O12/c1-3-34-22(28)16(2)15-33-11-10-31-7-6-30-8-9-32-12-13-35-23(29)17-4-5-18(20(24)25)19(14-17)21(26)27/h4-5,14H,2-3,6-13,15H2,1H3,(H,24,25)(H,26,27). The second-order valence-electron chi connectivity index (χ2n) is 6.72. The molecule has 12 nitrogen and oxygen atoms in total. The van der Waals surface area contributed by atoms with Gasteiger partial charge in [-0.1, -0.05) is 6.58 Å². The van der Waals surface area contributed by atoms with E-state index < -0.39 is 35.0 Å². The molecule has 0 aliphatic heterocycles. The van der Waals surface area contributed by atoms with Crippen LogP contribution < -0.4 is 0 Å². The first-order valence-electron chi connectivity index (χ1n) is 10.7. The zero-order valence-electron chi connectivity index (χ0n) is 19.5. The number of carbonyl (C=O) groups excluding carboxylic acids is 2. The number of benzene rings is 1. The number of esters is 2. The molecule has 1 aromatic carbocycles. The van der Waals surface area contributed by atoms with Crippen molar-refractivity contribution in [3.63, 3.8) is 0 Å². The van der Waals surface area contributed by atoms with Gasteiger partial charge in [-0.2, -0.15) is 0 Å². The Morgan fingerprint density at radius 2 is 1.26 bits per heavy atom. The third-order valence-corrected chi connectivity index (χ3v) is 4.13. The van der Waals surface area contributed by atoms with E-state index in [-0.39, 0.29) is 44.2 Å². The van der Waals surface area contributed by atoms with Gasteiger partial charge in [0.25, 0.3) is 0 Å². The van der Waals surface area contributed by atoms with Gasteiger partial charge in [0.15, 0.2) is 0 Å². The molecule has 0 amide bonds. The van der Waals surface area contributed by atoms with Crippen molar-refractivity contribution >= 4 is 23.9 Å². The molecule has 0 saturated carbocycles. The molecule has 0 fully saturated rings. The lowest BCUT2D eigenvalue weighted by molar-refractivity contribution is -0.139. The zero-order valence-corrected chi connectivity index (χ0v) is 19.5. The van der Waals surface area contributed by atoms with Gasteiger partial charge in [0, 0.05) is 0 Å². The average Bonchev–Trinajstić information content (AvgIpc) is 2.83. The summed E-state index contributed by atoms with van der Waals surface area (Å²) in [7, 11) is 0. The molecule has 0 bridgehead atoms. The van der Waals surface area contributed by atoms with Crippen LogP contribution in [0.1, 0.15) is 38.0 Å².